The molecule has 5 nitrogen and oxygen atoms in total. The van der Waals surface area contributed by atoms with Crippen LogP contribution in [-0.4, -0.2) is 19.9 Å². The van der Waals surface area contributed by atoms with Gasteiger partial charge in [0.2, 0.25) is 10.0 Å². The van der Waals surface area contributed by atoms with Crippen LogP contribution >= 0.6 is 0 Å². The van der Waals surface area contributed by atoms with E-state index in [1.807, 2.05) is 0 Å². The van der Waals surface area contributed by atoms with Gasteiger partial charge in [0.05, 0.1) is 10.5 Å². The van der Waals surface area contributed by atoms with Gasteiger partial charge in [-0.3, -0.25) is 4.79 Å². The molecular formula is C17H18F2N2O3S. The summed E-state index contributed by atoms with van der Waals surface area (Å²) in [5, 5.41) is 2.40. The van der Waals surface area contributed by atoms with Crippen molar-refractivity contribution < 1.29 is 22.0 Å². The molecule has 134 valence electrons. The van der Waals surface area contributed by atoms with Gasteiger partial charge in [0, 0.05) is 17.3 Å². The number of rotatable bonds is 4. The van der Waals surface area contributed by atoms with Crippen LogP contribution in [0.2, 0.25) is 0 Å². The molecule has 0 fully saturated rings. The molecule has 0 aliphatic rings. The summed E-state index contributed by atoms with van der Waals surface area (Å²) < 4.78 is 53.7. The fraction of sp³-hybridized carbons (Fsp3) is 0.235. The number of hydrogen-bond donors (Lipinski definition) is 2. The molecule has 25 heavy (non-hydrogen) atoms. The van der Waals surface area contributed by atoms with E-state index in [1.165, 1.54) is 24.3 Å². The fourth-order valence-electron chi connectivity index (χ4n) is 2.08. The molecule has 0 heterocycles. The van der Waals surface area contributed by atoms with Crippen molar-refractivity contribution in [1.82, 2.24) is 4.72 Å². The number of hydrogen-bond acceptors (Lipinski definition) is 3. The summed E-state index contributed by atoms with van der Waals surface area (Å²) in [6.07, 6.45) is 0. The Balaban J connectivity index is 2.26. The van der Waals surface area contributed by atoms with Crippen molar-refractivity contribution in [2.24, 2.45) is 0 Å². The van der Waals surface area contributed by atoms with Gasteiger partial charge < -0.3 is 5.32 Å². The number of carbonyl (C=O) groups excluding carboxylic acids is 1. The van der Waals surface area contributed by atoms with Gasteiger partial charge in [-0.1, -0.05) is 6.07 Å². The number of amides is 1. The van der Waals surface area contributed by atoms with Crippen LogP contribution in [0.1, 0.15) is 31.1 Å². The highest BCUT2D eigenvalue weighted by Crippen LogP contribution is 2.19. The van der Waals surface area contributed by atoms with Crippen LogP contribution in [0.15, 0.2) is 47.4 Å². The van der Waals surface area contributed by atoms with Gasteiger partial charge >= 0.3 is 0 Å². The normalized spacial score (nSPS) is 12.0. The standard InChI is InChI=1S/C17H18F2N2O3S/c1-17(2,3)21-25(23,24)13-6-4-5-12(10-13)20-16(22)14-8-7-11(18)9-15(14)19/h4-10,21H,1-3H3,(H,20,22). The minimum atomic E-state index is -3.78. The van der Waals surface area contributed by atoms with Crippen molar-refractivity contribution in [1.29, 1.82) is 0 Å². The molecule has 0 radical (unpaired) electrons. The van der Waals surface area contributed by atoms with Gasteiger partial charge in [-0.2, -0.15) is 0 Å². The Kier molecular flexibility index (Phi) is 5.24. The number of halogens is 2. The number of sulfonamides is 1. The maximum absolute atomic E-state index is 13.7. The number of benzene rings is 2. The van der Waals surface area contributed by atoms with Crippen molar-refractivity contribution in [3.05, 3.63) is 59.7 Å². The second kappa shape index (κ2) is 6.89. The van der Waals surface area contributed by atoms with Gasteiger partial charge in [-0.25, -0.2) is 21.9 Å². The quantitative estimate of drug-likeness (QED) is 0.870. The summed E-state index contributed by atoms with van der Waals surface area (Å²) >= 11 is 0. The molecule has 0 spiro atoms. The van der Waals surface area contributed by atoms with Crippen LogP contribution < -0.4 is 10.0 Å². The van der Waals surface area contributed by atoms with Crippen LogP contribution in [0.3, 0.4) is 0 Å². The zero-order valence-corrected chi connectivity index (χ0v) is 14.7. The topological polar surface area (TPSA) is 75.3 Å². The molecule has 0 saturated heterocycles. The predicted molar refractivity (Wildman–Crippen MR) is 90.8 cm³/mol. The van der Waals surface area contributed by atoms with E-state index < -0.39 is 33.1 Å². The highest BCUT2D eigenvalue weighted by Gasteiger charge is 2.22. The number of anilines is 1. The predicted octanol–water partition coefficient (Wildman–Crippen LogP) is 3.29. The second-order valence-electron chi connectivity index (χ2n) is 6.46. The lowest BCUT2D eigenvalue weighted by atomic mass is 10.1. The first kappa shape index (κ1) is 19.0. The van der Waals surface area contributed by atoms with Crippen LogP contribution in [-0.2, 0) is 10.0 Å². The van der Waals surface area contributed by atoms with Gasteiger partial charge in [0.15, 0.2) is 0 Å². The van der Waals surface area contributed by atoms with Crippen LogP contribution in [0.4, 0.5) is 14.5 Å². The average Bonchev–Trinajstić information content (AvgIpc) is 2.44. The molecule has 0 aliphatic heterocycles. The molecule has 2 aromatic rings. The number of nitrogens with one attached hydrogen (secondary N) is 2. The monoisotopic (exact) mass is 368 g/mol. The van der Waals surface area contributed by atoms with Crippen molar-refractivity contribution in [3.63, 3.8) is 0 Å². The van der Waals surface area contributed by atoms with Crippen LogP contribution in [0.5, 0.6) is 0 Å². The third-order valence-corrected chi connectivity index (χ3v) is 4.77. The smallest absolute Gasteiger partial charge is 0.258 e. The highest BCUT2D eigenvalue weighted by molar-refractivity contribution is 7.89. The van der Waals surface area contributed by atoms with Crippen molar-refractivity contribution in [2.45, 2.75) is 31.2 Å². The van der Waals surface area contributed by atoms with Gasteiger partial charge in [0.25, 0.3) is 5.91 Å². The van der Waals surface area contributed by atoms with E-state index in [2.05, 4.69) is 10.0 Å². The molecule has 0 saturated carbocycles. The molecule has 2 aromatic carbocycles. The van der Waals surface area contributed by atoms with Crippen LogP contribution in [0.25, 0.3) is 0 Å². The molecular weight excluding hydrogens is 350 g/mol. The van der Waals surface area contributed by atoms with Crippen molar-refractivity contribution >= 4 is 21.6 Å². The van der Waals surface area contributed by atoms with E-state index in [-0.39, 0.29) is 16.1 Å². The summed E-state index contributed by atoms with van der Waals surface area (Å²) in [4.78, 5) is 12.1. The first-order valence-electron chi connectivity index (χ1n) is 7.38. The molecule has 0 aromatic heterocycles. The Morgan fingerprint density at radius 3 is 2.32 bits per heavy atom. The van der Waals surface area contributed by atoms with E-state index in [9.17, 15) is 22.0 Å². The second-order valence-corrected chi connectivity index (χ2v) is 8.14. The van der Waals surface area contributed by atoms with Gasteiger partial charge in [-0.05, 0) is 51.1 Å². The minimum absolute atomic E-state index is 0.0418. The summed E-state index contributed by atoms with van der Waals surface area (Å²) in [6.45, 7) is 5.11. The van der Waals surface area contributed by atoms with E-state index in [0.29, 0.717) is 6.07 Å². The maximum Gasteiger partial charge on any atom is 0.258 e. The first-order chi connectivity index (χ1) is 11.5. The SMILES string of the molecule is CC(C)(C)NS(=O)(=O)c1cccc(NC(=O)c2ccc(F)cc2F)c1. The molecule has 0 unspecified atom stereocenters. The Hall–Kier alpha value is -2.32. The molecule has 2 N–H and O–H groups in total. The van der Waals surface area contributed by atoms with Gasteiger partial charge in [-0.15, -0.1) is 0 Å². The average molecular weight is 368 g/mol. The molecule has 8 heteroatoms. The Morgan fingerprint density at radius 2 is 1.72 bits per heavy atom. The zero-order valence-electron chi connectivity index (χ0n) is 13.9. The lowest BCUT2D eigenvalue weighted by Crippen LogP contribution is -2.40. The first-order valence-corrected chi connectivity index (χ1v) is 8.87. The fourth-order valence-corrected chi connectivity index (χ4v) is 3.54. The third-order valence-electron chi connectivity index (χ3n) is 3.02. The summed E-state index contributed by atoms with van der Waals surface area (Å²) in [6, 6.07) is 8.13. The molecule has 1 amide bonds. The Labute approximate surface area is 145 Å². The summed E-state index contributed by atoms with van der Waals surface area (Å²) in [5.41, 5.74) is -0.844. The Bertz CT molecular complexity index is 906. The third kappa shape index (κ3) is 5.07. The largest absolute Gasteiger partial charge is 0.322 e. The number of carbonyl (C=O) groups is 1. The van der Waals surface area contributed by atoms with Crippen molar-refractivity contribution in [3.8, 4) is 0 Å². The van der Waals surface area contributed by atoms with E-state index in [1.54, 1.807) is 20.8 Å². The summed E-state index contributed by atoms with van der Waals surface area (Å²) in [5.74, 6) is -2.61. The Morgan fingerprint density at radius 1 is 1.04 bits per heavy atom. The lowest BCUT2D eigenvalue weighted by Gasteiger charge is -2.20. The molecule has 0 aliphatic carbocycles. The van der Waals surface area contributed by atoms with E-state index in [0.717, 1.165) is 12.1 Å². The van der Waals surface area contributed by atoms with Crippen molar-refractivity contribution in [2.75, 3.05) is 5.32 Å². The van der Waals surface area contributed by atoms with E-state index in [4.69, 9.17) is 0 Å². The van der Waals surface area contributed by atoms with Crippen LogP contribution in [0, 0.1) is 11.6 Å². The molecule has 2 rings (SSSR count). The van der Waals surface area contributed by atoms with Gasteiger partial charge in [0.1, 0.15) is 11.6 Å². The molecule has 0 bridgehead atoms. The maximum atomic E-state index is 13.7. The minimum Gasteiger partial charge on any atom is -0.322 e. The lowest BCUT2D eigenvalue weighted by molar-refractivity contribution is 0.102. The zero-order chi connectivity index (χ0) is 18.8. The molecule has 0 atom stereocenters. The van der Waals surface area contributed by atoms with E-state index >= 15 is 0 Å². The highest BCUT2D eigenvalue weighted by atomic mass is 32.2. The summed E-state index contributed by atoms with van der Waals surface area (Å²) in [7, 11) is -3.78.